The van der Waals surface area contributed by atoms with Gasteiger partial charge < -0.3 is 49.2 Å². The molecule has 0 aliphatic carbocycles. The van der Waals surface area contributed by atoms with Crippen LogP contribution in [0.3, 0.4) is 0 Å². The Morgan fingerprint density at radius 1 is 0.846 bits per heavy atom. The molecule has 16 heteroatoms. The second-order valence-electron chi connectivity index (χ2n) is 17.4. The Hall–Kier alpha value is -7.10. The van der Waals surface area contributed by atoms with Gasteiger partial charge in [0.15, 0.2) is 0 Å². The Morgan fingerprint density at radius 2 is 1.55 bits per heavy atom. The number of alkyl carbamates (subject to hydrolysis) is 2. The van der Waals surface area contributed by atoms with Crippen molar-refractivity contribution in [2.75, 3.05) is 27.3 Å². The lowest BCUT2D eigenvalue weighted by atomic mass is 10.0. The van der Waals surface area contributed by atoms with E-state index in [9.17, 15) is 19.2 Å². The molecule has 4 N–H and O–H groups in total. The summed E-state index contributed by atoms with van der Waals surface area (Å²) < 4.78 is 18.7. The number of aromatic nitrogens is 5. The third kappa shape index (κ3) is 8.28. The highest BCUT2D eigenvalue weighted by Crippen LogP contribution is 2.46. The largest absolute Gasteiger partial charge is 0.465 e. The van der Waals surface area contributed by atoms with Crippen LogP contribution in [0.15, 0.2) is 85.2 Å². The SMILES string of the molecule is CCCC1CCC(c2ncc(-c3ccc4c(c3)O[C@@H](c3ccccc3)n3c-4cc4cc(-c5cnc(C6CCCN6C(=O)[C@@H](NC(=O)OC)C(C)C)[nH]5)ccc43)[nH]2)N1C(=O)CNC(=O)OC. The van der Waals surface area contributed by atoms with Gasteiger partial charge >= 0.3 is 12.2 Å². The standard InChI is InChI=1S/C49H55N9O7/c1-6-11-33-17-20-39(57(33)42(59)27-52-48(61)63-4)45-51-26-36(54-45)31-15-18-34-40-23-32-22-30(16-19-37(32)58(40)47(65-41(34)24-31)29-12-8-7-9-13-29)35-25-50-44(53-35)38-14-10-21-56(38)46(60)43(28(2)3)55-49(62)64-5/h7-9,12-13,15-16,18-19,22-26,28,33,38-39,43,47H,6,10-11,14,17,20-21,27H2,1-5H3,(H,50,53)(H,51,54)(H,52,61)(H,55,62)/t33?,38?,39?,43-,47-/m0/s1. The highest BCUT2D eigenvalue weighted by atomic mass is 16.5. The number of rotatable bonds is 12. The van der Waals surface area contributed by atoms with Gasteiger partial charge in [0.2, 0.25) is 18.0 Å². The van der Waals surface area contributed by atoms with Crippen LogP contribution in [0.2, 0.25) is 0 Å². The molecule has 6 heterocycles. The minimum absolute atomic E-state index is 0.0550. The fourth-order valence-electron chi connectivity index (χ4n) is 9.83. The molecular weight excluding hydrogens is 827 g/mol. The number of methoxy groups -OCH3 is 2. The van der Waals surface area contributed by atoms with Crippen molar-refractivity contribution in [3.05, 3.63) is 102 Å². The van der Waals surface area contributed by atoms with Gasteiger partial charge in [-0.15, -0.1) is 0 Å². The first-order chi connectivity index (χ1) is 31.6. The van der Waals surface area contributed by atoms with E-state index in [4.69, 9.17) is 24.2 Å². The summed E-state index contributed by atoms with van der Waals surface area (Å²) in [7, 11) is 2.57. The third-order valence-electron chi connectivity index (χ3n) is 13.0. The van der Waals surface area contributed by atoms with Gasteiger partial charge in [0.1, 0.15) is 30.0 Å². The molecule has 4 amide bonds. The predicted octanol–water partition coefficient (Wildman–Crippen LogP) is 8.26. The number of carbonyl (C=O) groups excluding carboxylic acids is 4. The van der Waals surface area contributed by atoms with Crippen LogP contribution in [0.25, 0.3) is 44.7 Å². The van der Waals surface area contributed by atoms with Gasteiger partial charge in [-0.25, -0.2) is 19.6 Å². The van der Waals surface area contributed by atoms with Crippen molar-refractivity contribution in [3.8, 4) is 39.5 Å². The lowest BCUT2D eigenvalue weighted by Gasteiger charge is -2.30. The summed E-state index contributed by atoms with van der Waals surface area (Å²) in [5, 5.41) is 6.29. The quantitative estimate of drug-likeness (QED) is 0.0938. The number of hydrogen-bond acceptors (Lipinski definition) is 9. The normalized spacial score (nSPS) is 19.4. The number of nitrogens with one attached hydrogen (secondary N) is 4. The van der Waals surface area contributed by atoms with Crippen molar-refractivity contribution >= 4 is 34.9 Å². The number of imidazole rings is 2. The summed E-state index contributed by atoms with van der Waals surface area (Å²) in [6.07, 6.45) is 6.90. The second-order valence-corrected chi connectivity index (χ2v) is 17.4. The number of amides is 4. The van der Waals surface area contributed by atoms with Crippen LogP contribution in [-0.4, -0.2) is 97.7 Å². The van der Waals surface area contributed by atoms with Gasteiger partial charge in [-0.3, -0.25) is 9.59 Å². The molecule has 5 atom stereocenters. The molecule has 0 spiro atoms. The molecule has 6 aromatic rings. The van der Waals surface area contributed by atoms with E-state index >= 15 is 0 Å². The number of likely N-dealkylation sites (tertiary alicyclic amines) is 2. The van der Waals surface area contributed by atoms with Crippen LogP contribution in [0, 0.1) is 5.92 Å². The average molecular weight is 882 g/mol. The topological polar surface area (TPSA) is 189 Å². The number of nitrogens with zero attached hydrogens (tertiary/aromatic N) is 5. The molecule has 2 fully saturated rings. The first kappa shape index (κ1) is 43.2. The van der Waals surface area contributed by atoms with Crippen LogP contribution in [0.4, 0.5) is 9.59 Å². The maximum absolute atomic E-state index is 13.8. The molecule has 3 aliphatic heterocycles. The van der Waals surface area contributed by atoms with E-state index in [0.717, 1.165) is 94.5 Å². The van der Waals surface area contributed by atoms with E-state index in [1.165, 1.54) is 14.2 Å². The van der Waals surface area contributed by atoms with Gasteiger partial charge in [-0.1, -0.05) is 69.7 Å². The van der Waals surface area contributed by atoms with E-state index in [1.54, 1.807) is 0 Å². The monoisotopic (exact) mass is 881 g/mol. The first-order valence-electron chi connectivity index (χ1n) is 22.5. The molecule has 3 aromatic heterocycles. The number of aromatic amines is 2. The Kier molecular flexibility index (Phi) is 12.1. The molecule has 2 saturated heterocycles. The molecule has 0 radical (unpaired) electrons. The molecule has 3 aliphatic rings. The average Bonchev–Trinajstić information content (AvgIpc) is 4.19. The van der Waals surface area contributed by atoms with E-state index in [2.05, 4.69) is 80.6 Å². The number of carbonyl (C=O) groups is 4. The molecule has 0 saturated carbocycles. The van der Waals surface area contributed by atoms with E-state index in [1.807, 2.05) is 60.3 Å². The van der Waals surface area contributed by atoms with Crippen molar-refractivity contribution in [3.63, 3.8) is 0 Å². The summed E-state index contributed by atoms with van der Waals surface area (Å²) >= 11 is 0. The zero-order valence-electron chi connectivity index (χ0n) is 37.3. The molecule has 16 nitrogen and oxygen atoms in total. The molecule has 65 heavy (non-hydrogen) atoms. The van der Waals surface area contributed by atoms with Crippen LogP contribution in [0.1, 0.15) is 94.8 Å². The molecule has 3 unspecified atom stereocenters. The van der Waals surface area contributed by atoms with Crippen molar-refractivity contribution < 1.29 is 33.4 Å². The van der Waals surface area contributed by atoms with E-state index in [-0.39, 0.29) is 42.4 Å². The highest BCUT2D eigenvalue weighted by molar-refractivity contribution is 5.93. The van der Waals surface area contributed by atoms with E-state index < -0.39 is 24.5 Å². The summed E-state index contributed by atoms with van der Waals surface area (Å²) in [5.74, 6) is 1.69. The van der Waals surface area contributed by atoms with Crippen LogP contribution in [0.5, 0.6) is 5.75 Å². The van der Waals surface area contributed by atoms with Crippen LogP contribution < -0.4 is 15.4 Å². The zero-order valence-corrected chi connectivity index (χ0v) is 37.3. The molecular formula is C49H55N9O7. The summed E-state index contributed by atoms with van der Waals surface area (Å²) in [6.45, 7) is 6.34. The van der Waals surface area contributed by atoms with Crippen molar-refractivity contribution in [2.45, 2.75) is 89.7 Å². The molecule has 9 rings (SSSR count). The summed E-state index contributed by atoms with van der Waals surface area (Å²) in [5.41, 5.74) is 7.45. The fourth-order valence-corrected chi connectivity index (χ4v) is 9.83. The lowest BCUT2D eigenvalue weighted by molar-refractivity contribution is -0.135. The van der Waals surface area contributed by atoms with Crippen LogP contribution in [-0.2, 0) is 19.1 Å². The van der Waals surface area contributed by atoms with Gasteiger partial charge in [0.25, 0.3) is 0 Å². The Balaban J connectivity index is 1.01. The van der Waals surface area contributed by atoms with Crippen molar-refractivity contribution in [1.29, 1.82) is 0 Å². The van der Waals surface area contributed by atoms with Gasteiger partial charge in [0, 0.05) is 40.2 Å². The first-order valence-corrected chi connectivity index (χ1v) is 22.5. The zero-order chi connectivity index (χ0) is 45.4. The third-order valence-corrected chi connectivity index (χ3v) is 13.0. The highest BCUT2D eigenvalue weighted by Gasteiger charge is 2.40. The smallest absolute Gasteiger partial charge is 0.407 e. The number of hydrogen-bond donors (Lipinski definition) is 4. The molecule has 338 valence electrons. The Bertz CT molecular complexity index is 2720. The number of benzene rings is 3. The lowest BCUT2D eigenvalue weighted by Crippen LogP contribution is -2.51. The Morgan fingerprint density at radius 3 is 2.26 bits per heavy atom. The minimum Gasteiger partial charge on any atom is -0.465 e. The van der Waals surface area contributed by atoms with Crippen LogP contribution >= 0.6 is 0 Å². The number of H-pyrrole nitrogens is 2. The maximum atomic E-state index is 13.8. The fraction of sp³-hybridized carbons (Fsp3) is 0.388. The van der Waals surface area contributed by atoms with Gasteiger partial charge in [-0.2, -0.15) is 0 Å². The molecule has 0 bridgehead atoms. The second kappa shape index (κ2) is 18.2. The van der Waals surface area contributed by atoms with E-state index in [0.29, 0.717) is 18.2 Å². The van der Waals surface area contributed by atoms with Gasteiger partial charge in [-0.05, 0) is 68.4 Å². The summed E-state index contributed by atoms with van der Waals surface area (Å²) in [6, 6.07) is 23.8. The minimum atomic E-state index is -0.713. The summed E-state index contributed by atoms with van der Waals surface area (Å²) in [4.78, 5) is 71.5. The van der Waals surface area contributed by atoms with Crippen molar-refractivity contribution in [1.82, 2.24) is 44.9 Å². The van der Waals surface area contributed by atoms with Gasteiger partial charge in [0.05, 0.1) is 61.3 Å². The molecule has 3 aromatic carbocycles. The number of ether oxygens (including phenoxy) is 3. The predicted molar refractivity (Wildman–Crippen MR) is 244 cm³/mol. The Labute approximate surface area is 377 Å². The van der Waals surface area contributed by atoms with Crippen molar-refractivity contribution in [2.24, 2.45) is 5.92 Å². The maximum Gasteiger partial charge on any atom is 0.407 e. The number of fused-ring (bicyclic) bond motifs is 5.